The van der Waals surface area contributed by atoms with Gasteiger partial charge in [0, 0.05) is 18.8 Å². The van der Waals surface area contributed by atoms with Crippen LogP contribution in [0.1, 0.15) is 22.8 Å². The van der Waals surface area contributed by atoms with Gasteiger partial charge in [0.15, 0.2) is 11.5 Å². The average Bonchev–Trinajstić information content (AvgIpc) is 3.00. The third-order valence-corrected chi connectivity index (χ3v) is 5.88. The zero-order valence-corrected chi connectivity index (χ0v) is 22.3. The molecule has 1 saturated heterocycles. The van der Waals surface area contributed by atoms with Crippen LogP contribution in [0.3, 0.4) is 0 Å². The number of carbonyl (C=O) groups excluding carboxylic acids is 1. The topological polar surface area (TPSA) is 123 Å². The molecule has 1 aliphatic rings. The number of carbonyl (C=O) groups is 1. The van der Waals surface area contributed by atoms with E-state index in [1.54, 1.807) is 24.4 Å². The van der Waals surface area contributed by atoms with Crippen molar-refractivity contribution in [1.82, 2.24) is 15.0 Å². The van der Waals surface area contributed by atoms with Crippen molar-refractivity contribution in [3.05, 3.63) is 89.7 Å². The third-order valence-electron chi connectivity index (χ3n) is 5.88. The second-order valence-electron chi connectivity index (χ2n) is 8.78. The molecule has 2 N–H and O–H groups in total. The summed E-state index contributed by atoms with van der Waals surface area (Å²) in [5, 5.41) is 7.50. The Kier molecular flexibility index (Phi) is 8.91. The normalized spacial score (nSPS) is 13.2. The zero-order valence-electron chi connectivity index (χ0n) is 22.3. The molecule has 41 heavy (non-hydrogen) atoms. The Labute approximate surface area is 236 Å². The Balaban J connectivity index is 1.32. The number of para-hydroxylation sites is 1. The van der Waals surface area contributed by atoms with Crippen LogP contribution in [0, 0.1) is 5.82 Å². The molecule has 1 aromatic heterocycles. The lowest BCUT2D eigenvalue weighted by Gasteiger charge is -2.27. The van der Waals surface area contributed by atoms with Crippen LogP contribution in [0.25, 0.3) is 0 Å². The number of ether oxygens (including phenoxy) is 3. The molecule has 12 heteroatoms. The van der Waals surface area contributed by atoms with Crippen molar-refractivity contribution in [2.75, 3.05) is 48.6 Å². The van der Waals surface area contributed by atoms with Crippen molar-refractivity contribution >= 4 is 35.7 Å². The number of hydrazone groups is 1. The van der Waals surface area contributed by atoms with E-state index in [1.165, 1.54) is 24.3 Å². The van der Waals surface area contributed by atoms with Gasteiger partial charge in [-0.25, -0.2) is 14.6 Å². The van der Waals surface area contributed by atoms with Crippen LogP contribution in [-0.2, 0) is 4.74 Å². The number of esters is 1. The van der Waals surface area contributed by atoms with Crippen LogP contribution in [-0.4, -0.2) is 60.0 Å². The van der Waals surface area contributed by atoms with Gasteiger partial charge in [-0.15, -0.1) is 0 Å². The Morgan fingerprint density at radius 1 is 1.00 bits per heavy atom. The SMILES string of the molecule is CCOc1cc(/C=N/Nc2nc(Nc3ccccc3)nc(N3CCOCC3)n2)ccc1OC(=O)c1ccc(F)cc1. The van der Waals surface area contributed by atoms with Crippen molar-refractivity contribution in [2.24, 2.45) is 5.10 Å². The van der Waals surface area contributed by atoms with Crippen molar-refractivity contribution in [3.8, 4) is 11.5 Å². The van der Waals surface area contributed by atoms with E-state index in [2.05, 4.69) is 30.8 Å². The van der Waals surface area contributed by atoms with Gasteiger partial charge in [-0.3, -0.25) is 0 Å². The number of nitrogens with one attached hydrogen (secondary N) is 2. The van der Waals surface area contributed by atoms with Gasteiger partial charge in [0.2, 0.25) is 17.8 Å². The quantitative estimate of drug-likeness (QED) is 0.123. The molecule has 0 aliphatic carbocycles. The molecule has 5 rings (SSSR count). The Morgan fingerprint density at radius 3 is 2.51 bits per heavy atom. The van der Waals surface area contributed by atoms with Crippen LogP contribution < -0.4 is 25.1 Å². The molecule has 0 unspecified atom stereocenters. The summed E-state index contributed by atoms with van der Waals surface area (Å²) in [6.07, 6.45) is 1.57. The van der Waals surface area contributed by atoms with E-state index in [0.29, 0.717) is 56.1 Å². The molecule has 3 aromatic carbocycles. The van der Waals surface area contributed by atoms with Crippen molar-refractivity contribution in [1.29, 1.82) is 0 Å². The third kappa shape index (κ3) is 7.51. The summed E-state index contributed by atoms with van der Waals surface area (Å²) in [6, 6.07) is 19.7. The largest absolute Gasteiger partial charge is 0.490 e. The van der Waals surface area contributed by atoms with Gasteiger partial charge in [-0.05, 0) is 67.1 Å². The Hall–Kier alpha value is -5.10. The second kappa shape index (κ2) is 13.3. The number of aromatic nitrogens is 3. The summed E-state index contributed by atoms with van der Waals surface area (Å²) in [7, 11) is 0. The summed E-state index contributed by atoms with van der Waals surface area (Å²) in [5.74, 6) is 0.658. The highest BCUT2D eigenvalue weighted by Crippen LogP contribution is 2.29. The lowest BCUT2D eigenvalue weighted by atomic mass is 10.2. The molecule has 1 aliphatic heterocycles. The fourth-order valence-electron chi connectivity index (χ4n) is 3.89. The van der Waals surface area contributed by atoms with Gasteiger partial charge >= 0.3 is 5.97 Å². The minimum Gasteiger partial charge on any atom is -0.490 e. The first-order valence-electron chi connectivity index (χ1n) is 13.0. The van der Waals surface area contributed by atoms with Crippen LogP contribution in [0.4, 0.5) is 27.9 Å². The second-order valence-corrected chi connectivity index (χ2v) is 8.78. The van der Waals surface area contributed by atoms with Crippen LogP contribution in [0.5, 0.6) is 11.5 Å². The fourth-order valence-corrected chi connectivity index (χ4v) is 3.89. The highest BCUT2D eigenvalue weighted by Gasteiger charge is 2.17. The maximum Gasteiger partial charge on any atom is 0.343 e. The number of hydrogen-bond acceptors (Lipinski definition) is 11. The molecule has 0 saturated carbocycles. The average molecular weight is 558 g/mol. The number of rotatable bonds is 10. The Bertz CT molecular complexity index is 1500. The van der Waals surface area contributed by atoms with Crippen molar-refractivity contribution < 1.29 is 23.4 Å². The van der Waals surface area contributed by atoms with E-state index in [9.17, 15) is 9.18 Å². The fraction of sp³-hybridized carbons (Fsp3) is 0.207. The highest BCUT2D eigenvalue weighted by atomic mass is 19.1. The molecule has 0 spiro atoms. The molecule has 1 fully saturated rings. The number of benzene rings is 3. The van der Waals surface area contributed by atoms with E-state index in [-0.39, 0.29) is 17.3 Å². The van der Waals surface area contributed by atoms with E-state index in [0.717, 1.165) is 5.69 Å². The minimum absolute atomic E-state index is 0.221. The lowest BCUT2D eigenvalue weighted by molar-refractivity contribution is 0.0728. The molecule has 11 nitrogen and oxygen atoms in total. The van der Waals surface area contributed by atoms with Gasteiger partial charge in [0.25, 0.3) is 0 Å². The molecule has 2 heterocycles. The van der Waals surface area contributed by atoms with Gasteiger partial charge in [0.05, 0.1) is 31.6 Å². The maximum atomic E-state index is 13.2. The molecule has 210 valence electrons. The van der Waals surface area contributed by atoms with Crippen molar-refractivity contribution in [2.45, 2.75) is 6.92 Å². The summed E-state index contributed by atoms with van der Waals surface area (Å²) in [4.78, 5) is 28.1. The van der Waals surface area contributed by atoms with Gasteiger partial charge < -0.3 is 24.4 Å². The van der Waals surface area contributed by atoms with Gasteiger partial charge in [0.1, 0.15) is 5.82 Å². The molecule has 0 atom stereocenters. The molecule has 4 aromatic rings. The molecule has 0 radical (unpaired) electrons. The number of halogens is 1. The van der Waals surface area contributed by atoms with E-state index >= 15 is 0 Å². The monoisotopic (exact) mass is 557 g/mol. The first-order chi connectivity index (χ1) is 20.1. The predicted octanol–water partition coefficient (Wildman–Crippen LogP) is 4.65. The maximum absolute atomic E-state index is 13.2. The van der Waals surface area contributed by atoms with Gasteiger partial charge in [-0.2, -0.15) is 20.1 Å². The van der Waals surface area contributed by atoms with Crippen LogP contribution >= 0.6 is 0 Å². The smallest absolute Gasteiger partial charge is 0.343 e. The summed E-state index contributed by atoms with van der Waals surface area (Å²) in [6.45, 7) is 4.68. The molecule has 0 bridgehead atoms. The van der Waals surface area contributed by atoms with Crippen molar-refractivity contribution in [3.63, 3.8) is 0 Å². The van der Waals surface area contributed by atoms with E-state index < -0.39 is 11.8 Å². The number of morpholine rings is 1. The summed E-state index contributed by atoms with van der Waals surface area (Å²) in [5.41, 5.74) is 4.61. The van der Waals surface area contributed by atoms with Crippen LogP contribution in [0.2, 0.25) is 0 Å². The number of hydrogen-bond donors (Lipinski definition) is 2. The lowest BCUT2D eigenvalue weighted by Crippen LogP contribution is -2.37. The first-order valence-corrected chi connectivity index (χ1v) is 13.0. The van der Waals surface area contributed by atoms with E-state index in [1.807, 2.05) is 42.2 Å². The standard InChI is InChI=1S/C29H28FN7O4/c1-2-40-25-18-20(8-13-24(25)41-26(38)21-9-11-22(30)12-10-21)19-31-36-28-33-27(32-23-6-4-3-5-7-23)34-29(35-28)37-14-16-39-17-15-37/h3-13,18-19H,2,14-17H2,1H3,(H2,32,33,34,35,36)/b31-19+. The molecule has 0 amide bonds. The molecular weight excluding hydrogens is 529 g/mol. The van der Waals surface area contributed by atoms with Gasteiger partial charge in [-0.1, -0.05) is 18.2 Å². The summed E-state index contributed by atoms with van der Waals surface area (Å²) < 4.78 is 29.8. The first kappa shape index (κ1) is 27.5. The Morgan fingerprint density at radius 2 is 1.76 bits per heavy atom. The van der Waals surface area contributed by atoms with E-state index in [4.69, 9.17) is 14.2 Å². The summed E-state index contributed by atoms with van der Waals surface area (Å²) >= 11 is 0. The zero-order chi connectivity index (χ0) is 28.4. The number of anilines is 4. The highest BCUT2D eigenvalue weighted by molar-refractivity contribution is 5.91. The number of nitrogens with zero attached hydrogens (tertiary/aromatic N) is 5. The minimum atomic E-state index is -0.625. The molecular formula is C29H28FN7O4. The van der Waals surface area contributed by atoms with Crippen LogP contribution in [0.15, 0.2) is 77.9 Å². The predicted molar refractivity (Wildman–Crippen MR) is 153 cm³/mol.